The Hall–Kier alpha value is -0.650. The van der Waals surface area contributed by atoms with E-state index in [2.05, 4.69) is 19.6 Å². The second kappa shape index (κ2) is 28.9. The molecule has 1 atom stereocenters. The van der Waals surface area contributed by atoms with Crippen LogP contribution in [-0.4, -0.2) is 37.0 Å². The van der Waals surface area contributed by atoms with E-state index in [1.54, 1.807) is 0 Å². The number of hydrogen-bond donors (Lipinski definition) is 1. The zero-order valence-electron chi connectivity index (χ0n) is 22.9. The molecule has 0 heterocycles. The summed E-state index contributed by atoms with van der Waals surface area (Å²) < 4.78 is 26.2. The average molecular weight is 549 g/mol. The van der Waals surface area contributed by atoms with Gasteiger partial charge in [-0.25, -0.2) is 4.57 Å². The van der Waals surface area contributed by atoms with Crippen molar-refractivity contribution in [1.29, 1.82) is 0 Å². The van der Waals surface area contributed by atoms with Crippen molar-refractivity contribution in [2.24, 2.45) is 0 Å². The molecule has 0 spiro atoms. The summed E-state index contributed by atoms with van der Waals surface area (Å²) in [5, 5.41) is 0. The standard InChI is InChI=1S/C28H53O6PS/c1-2-3-4-5-6-7-8-9-10-12-16-19-22-28(30)34-26(25-33-35-31)24-32-27(29)21-18-15-13-11-14-17-20-23-36/h26,36H,2-25H2,1H3/t26-/m1/s1. The van der Waals surface area contributed by atoms with Crippen LogP contribution in [0.3, 0.4) is 0 Å². The number of thiol groups is 1. The predicted octanol–water partition coefficient (Wildman–Crippen LogP) is 8.81. The molecule has 0 bridgehead atoms. The van der Waals surface area contributed by atoms with Crippen molar-refractivity contribution < 1.29 is 28.2 Å². The second-order valence-electron chi connectivity index (χ2n) is 9.75. The predicted molar refractivity (Wildman–Crippen MR) is 151 cm³/mol. The van der Waals surface area contributed by atoms with Gasteiger partial charge in [-0.15, -0.1) is 0 Å². The fourth-order valence-electron chi connectivity index (χ4n) is 4.11. The molecule has 0 unspecified atom stereocenters. The van der Waals surface area contributed by atoms with Gasteiger partial charge in [-0.05, 0) is 25.0 Å². The van der Waals surface area contributed by atoms with Crippen LogP contribution in [0.1, 0.15) is 142 Å². The molecule has 0 amide bonds. The van der Waals surface area contributed by atoms with Crippen molar-refractivity contribution in [2.75, 3.05) is 19.0 Å². The minimum absolute atomic E-state index is 0.0607. The maximum atomic E-state index is 12.2. The molecule has 0 aromatic carbocycles. The number of carbonyl (C=O) groups is 2. The van der Waals surface area contributed by atoms with E-state index in [1.165, 1.54) is 77.0 Å². The number of rotatable bonds is 28. The fourth-order valence-corrected chi connectivity index (χ4v) is 4.56. The summed E-state index contributed by atoms with van der Waals surface area (Å²) in [6.07, 6.45) is 22.5. The Morgan fingerprint density at radius 2 is 1.08 bits per heavy atom. The van der Waals surface area contributed by atoms with Crippen LogP contribution in [0.4, 0.5) is 0 Å². The molecule has 0 aromatic rings. The Morgan fingerprint density at radius 1 is 0.639 bits per heavy atom. The quantitative estimate of drug-likeness (QED) is 0.0455. The summed E-state index contributed by atoms with van der Waals surface area (Å²) in [7, 11) is -0.486. The SMILES string of the molecule is CCCCCCCCCCCCCCC(=O)O[C@@H](COP=O)COC(=O)CCCCCCCCCS. The highest BCUT2D eigenvalue weighted by molar-refractivity contribution is 7.80. The second-order valence-corrected chi connectivity index (χ2v) is 10.6. The molecular weight excluding hydrogens is 495 g/mol. The van der Waals surface area contributed by atoms with Crippen molar-refractivity contribution in [3.05, 3.63) is 0 Å². The summed E-state index contributed by atoms with van der Waals surface area (Å²) in [5.74, 6) is 0.319. The molecule has 0 rings (SSSR count). The Balaban J connectivity index is 3.81. The minimum atomic E-state index is -0.730. The van der Waals surface area contributed by atoms with Crippen LogP contribution >= 0.6 is 21.3 Å². The van der Waals surface area contributed by atoms with E-state index in [4.69, 9.17) is 14.0 Å². The highest BCUT2D eigenvalue weighted by atomic mass is 32.1. The van der Waals surface area contributed by atoms with Gasteiger partial charge in [0.05, 0.1) is 0 Å². The van der Waals surface area contributed by atoms with Crippen molar-refractivity contribution in [3.8, 4) is 0 Å². The lowest BCUT2D eigenvalue weighted by molar-refractivity contribution is -0.160. The van der Waals surface area contributed by atoms with Gasteiger partial charge in [0, 0.05) is 12.8 Å². The molecule has 0 aliphatic carbocycles. The van der Waals surface area contributed by atoms with Crippen LogP contribution in [-0.2, 0) is 28.2 Å². The summed E-state index contributed by atoms with van der Waals surface area (Å²) in [5.41, 5.74) is 0. The lowest BCUT2D eigenvalue weighted by Gasteiger charge is -2.16. The van der Waals surface area contributed by atoms with Gasteiger partial charge in [-0.1, -0.05) is 110 Å². The van der Waals surface area contributed by atoms with Gasteiger partial charge in [0.25, 0.3) is 0 Å². The first-order chi connectivity index (χ1) is 17.6. The zero-order chi connectivity index (χ0) is 26.5. The molecule has 0 saturated heterocycles. The fraction of sp³-hybridized carbons (Fsp3) is 0.929. The number of carbonyl (C=O) groups excluding carboxylic acids is 2. The third kappa shape index (κ3) is 26.4. The molecule has 0 radical (unpaired) electrons. The lowest BCUT2D eigenvalue weighted by atomic mass is 10.0. The summed E-state index contributed by atoms with van der Waals surface area (Å²) >= 11 is 4.21. The van der Waals surface area contributed by atoms with Crippen LogP contribution in [0.2, 0.25) is 0 Å². The molecule has 6 nitrogen and oxygen atoms in total. The summed E-state index contributed by atoms with van der Waals surface area (Å²) in [6, 6.07) is 0. The Kier molecular flexibility index (Phi) is 28.4. The van der Waals surface area contributed by atoms with Crippen molar-refractivity contribution in [1.82, 2.24) is 0 Å². The van der Waals surface area contributed by atoms with Crippen molar-refractivity contribution >= 4 is 33.3 Å². The highest BCUT2D eigenvalue weighted by Gasteiger charge is 2.17. The first kappa shape index (κ1) is 35.4. The molecule has 0 aromatic heterocycles. The topological polar surface area (TPSA) is 78.9 Å². The molecule has 36 heavy (non-hydrogen) atoms. The van der Waals surface area contributed by atoms with Crippen LogP contribution in [0.5, 0.6) is 0 Å². The van der Waals surface area contributed by atoms with E-state index in [0.29, 0.717) is 12.8 Å². The van der Waals surface area contributed by atoms with Gasteiger partial charge in [-0.2, -0.15) is 12.6 Å². The van der Waals surface area contributed by atoms with Crippen LogP contribution in [0.15, 0.2) is 0 Å². The Morgan fingerprint density at radius 3 is 1.56 bits per heavy atom. The maximum absolute atomic E-state index is 12.2. The molecule has 0 aliphatic rings. The molecule has 8 heteroatoms. The molecule has 212 valence electrons. The lowest BCUT2D eigenvalue weighted by Crippen LogP contribution is -2.28. The first-order valence-corrected chi connectivity index (χ1v) is 15.9. The van der Waals surface area contributed by atoms with Crippen molar-refractivity contribution in [3.63, 3.8) is 0 Å². The first-order valence-electron chi connectivity index (χ1n) is 14.5. The largest absolute Gasteiger partial charge is 0.462 e. The normalized spacial score (nSPS) is 12.1. The summed E-state index contributed by atoms with van der Waals surface area (Å²) in [4.78, 5) is 24.2. The van der Waals surface area contributed by atoms with Crippen molar-refractivity contribution in [2.45, 2.75) is 148 Å². The van der Waals surface area contributed by atoms with Gasteiger partial charge >= 0.3 is 20.6 Å². The van der Waals surface area contributed by atoms with Crippen LogP contribution < -0.4 is 0 Å². The van der Waals surface area contributed by atoms with Gasteiger partial charge in [0.1, 0.15) is 13.2 Å². The van der Waals surface area contributed by atoms with Gasteiger partial charge in [-0.3, -0.25) is 14.1 Å². The Bertz CT molecular complexity index is 520. The van der Waals surface area contributed by atoms with E-state index in [0.717, 1.165) is 50.7 Å². The monoisotopic (exact) mass is 548 g/mol. The highest BCUT2D eigenvalue weighted by Crippen LogP contribution is 2.14. The van der Waals surface area contributed by atoms with E-state index in [-0.39, 0.29) is 25.2 Å². The third-order valence-corrected chi connectivity index (χ3v) is 6.89. The van der Waals surface area contributed by atoms with E-state index >= 15 is 0 Å². The van der Waals surface area contributed by atoms with E-state index in [1.807, 2.05) is 0 Å². The molecule has 0 N–H and O–H groups in total. The zero-order valence-corrected chi connectivity index (χ0v) is 24.7. The molecule has 0 aliphatic heterocycles. The van der Waals surface area contributed by atoms with Gasteiger partial charge in [0.15, 0.2) is 6.10 Å². The smallest absolute Gasteiger partial charge is 0.327 e. The minimum Gasteiger partial charge on any atom is -0.462 e. The van der Waals surface area contributed by atoms with Crippen LogP contribution in [0.25, 0.3) is 0 Å². The Labute approximate surface area is 228 Å². The van der Waals surface area contributed by atoms with Gasteiger partial charge < -0.3 is 9.47 Å². The summed E-state index contributed by atoms with van der Waals surface area (Å²) in [6.45, 7) is 2.12. The van der Waals surface area contributed by atoms with Crippen LogP contribution in [0, 0.1) is 0 Å². The number of hydrogen-bond acceptors (Lipinski definition) is 7. The van der Waals surface area contributed by atoms with Gasteiger partial charge in [0.2, 0.25) is 0 Å². The van der Waals surface area contributed by atoms with E-state index in [9.17, 15) is 14.2 Å². The third-order valence-electron chi connectivity index (χ3n) is 6.31. The van der Waals surface area contributed by atoms with E-state index < -0.39 is 14.8 Å². The number of ether oxygens (including phenoxy) is 2. The molecule has 0 saturated carbocycles. The number of esters is 2. The number of unbranched alkanes of at least 4 members (excludes halogenated alkanes) is 17. The molecular formula is C28H53O6PS. The average Bonchev–Trinajstić information content (AvgIpc) is 2.87. The molecule has 0 fully saturated rings. The maximum Gasteiger partial charge on any atom is 0.327 e.